The van der Waals surface area contributed by atoms with Crippen molar-refractivity contribution in [3.63, 3.8) is 0 Å². The lowest BCUT2D eigenvalue weighted by atomic mass is 10.0. The van der Waals surface area contributed by atoms with Gasteiger partial charge in [0.25, 0.3) is 0 Å². The van der Waals surface area contributed by atoms with Gasteiger partial charge in [-0.15, -0.1) is 0 Å². The number of carbonyl (C=O) groups excluding carboxylic acids is 1. The van der Waals surface area contributed by atoms with Gasteiger partial charge in [0, 0.05) is 11.6 Å². The summed E-state index contributed by atoms with van der Waals surface area (Å²) in [4.78, 5) is 11.4. The summed E-state index contributed by atoms with van der Waals surface area (Å²) in [5, 5.41) is 11.9. The molecule has 7 heteroatoms. The number of carbonyl (C=O) groups is 1. The van der Waals surface area contributed by atoms with Gasteiger partial charge in [0.1, 0.15) is 0 Å². The first-order valence-electron chi connectivity index (χ1n) is 5.43. The van der Waals surface area contributed by atoms with Gasteiger partial charge in [-0.1, -0.05) is 29.8 Å². The molecule has 3 nitrogen and oxygen atoms in total. The van der Waals surface area contributed by atoms with Gasteiger partial charge in [-0.25, -0.2) is 0 Å². The Bertz CT molecular complexity index is 461. The monoisotopic (exact) mass is 295 g/mol. The van der Waals surface area contributed by atoms with E-state index < -0.39 is 24.1 Å². The lowest BCUT2D eigenvalue weighted by Gasteiger charge is -2.25. The van der Waals surface area contributed by atoms with E-state index in [4.69, 9.17) is 16.7 Å². The predicted octanol–water partition coefficient (Wildman–Crippen LogP) is 2.66. The molecule has 1 rings (SSSR count). The summed E-state index contributed by atoms with van der Waals surface area (Å²) in [6.07, 6.45) is -5.91. The van der Waals surface area contributed by atoms with E-state index in [9.17, 15) is 18.0 Å². The van der Waals surface area contributed by atoms with Gasteiger partial charge in [0.15, 0.2) is 5.60 Å². The van der Waals surface area contributed by atoms with E-state index in [0.29, 0.717) is 17.5 Å². The third kappa shape index (κ3) is 4.40. The maximum absolute atomic E-state index is 12.4. The van der Waals surface area contributed by atoms with Crippen LogP contribution in [0, 0.1) is 0 Å². The standard InChI is InChI=1S/C12H13ClF3NO2/c1-11(19,12(14,15)16)6-10(18)17-7-8-4-2-3-5-9(8)13/h2-5,19H,6-7H2,1H3,(H,17,18)/t11-/m0/s1. The maximum Gasteiger partial charge on any atom is 0.417 e. The molecule has 0 radical (unpaired) electrons. The fourth-order valence-electron chi connectivity index (χ4n) is 1.31. The first-order valence-corrected chi connectivity index (χ1v) is 5.80. The van der Waals surface area contributed by atoms with Crippen molar-refractivity contribution in [3.8, 4) is 0 Å². The summed E-state index contributed by atoms with van der Waals surface area (Å²) in [7, 11) is 0. The number of rotatable bonds is 4. The SMILES string of the molecule is C[C@](O)(CC(=O)NCc1ccccc1Cl)C(F)(F)F. The number of hydrogen-bond acceptors (Lipinski definition) is 2. The lowest BCUT2D eigenvalue weighted by molar-refractivity contribution is -0.253. The second-order valence-electron chi connectivity index (χ2n) is 4.32. The topological polar surface area (TPSA) is 49.3 Å². The molecule has 0 heterocycles. The van der Waals surface area contributed by atoms with Crippen molar-refractivity contribution in [1.29, 1.82) is 0 Å². The van der Waals surface area contributed by atoms with E-state index in [1.807, 2.05) is 0 Å². The Balaban J connectivity index is 2.56. The maximum atomic E-state index is 12.4. The van der Waals surface area contributed by atoms with Crippen LogP contribution >= 0.6 is 11.6 Å². The molecule has 1 amide bonds. The van der Waals surface area contributed by atoms with E-state index >= 15 is 0 Å². The van der Waals surface area contributed by atoms with Crippen LogP contribution in [-0.4, -0.2) is 22.8 Å². The molecular weight excluding hydrogens is 283 g/mol. The van der Waals surface area contributed by atoms with Crippen molar-refractivity contribution in [2.75, 3.05) is 0 Å². The zero-order valence-corrected chi connectivity index (χ0v) is 10.8. The second-order valence-corrected chi connectivity index (χ2v) is 4.72. The molecule has 2 N–H and O–H groups in total. The van der Waals surface area contributed by atoms with Crippen molar-refractivity contribution >= 4 is 17.5 Å². The highest BCUT2D eigenvalue weighted by Gasteiger charge is 2.50. The lowest BCUT2D eigenvalue weighted by Crippen LogP contribution is -2.46. The number of amides is 1. The summed E-state index contributed by atoms with van der Waals surface area (Å²) in [6, 6.07) is 6.64. The zero-order chi connectivity index (χ0) is 14.7. The average Bonchev–Trinajstić information content (AvgIpc) is 2.26. The minimum Gasteiger partial charge on any atom is -0.380 e. The molecule has 0 bridgehead atoms. The number of benzene rings is 1. The predicted molar refractivity (Wildman–Crippen MR) is 64.6 cm³/mol. The van der Waals surface area contributed by atoms with Crippen LogP contribution < -0.4 is 5.32 Å². The summed E-state index contributed by atoms with van der Waals surface area (Å²) in [5.74, 6) is -0.901. The van der Waals surface area contributed by atoms with E-state index in [1.165, 1.54) is 0 Å². The van der Waals surface area contributed by atoms with Crippen LogP contribution in [0.5, 0.6) is 0 Å². The van der Waals surface area contributed by atoms with Gasteiger partial charge in [0.2, 0.25) is 5.91 Å². The highest BCUT2D eigenvalue weighted by Crippen LogP contribution is 2.32. The zero-order valence-electron chi connectivity index (χ0n) is 10.1. The summed E-state index contributed by atoms with van der Waals surface area (Å²) < 4.78 is 37.1. The Morgan fingerprint density at radius 3 is 2.47 bits per heavy atom. The van der Waals surface area contributed by atoms with E-state index in [2.05, 4.69) is 5.32 Å². The van der Waals surface area contributed by atoms with E-state index in [0.717, 1.165) is 0 Å². The van der Waals surface area contributed by atoms with E-state index in [1.54, 1.807) is 24.3 Å². The van der Waals surface area contributed by atoms with Crippen molar-refractivity contribution in [1.82, 2.24) is 5.32 Å². The molecule has 1 aromatic rings. The average molecular weight is 296 g/mol. The molecule has 0 aromatic heterocycles. The normalized spacial score (nSPS) is 14.8. The van der Waals surface area contributed by atoms with Crippen molar-refractivity contribution in [3.05, 3.63) is 34.9 Å². The highest BCUT2D eigenvalue weighted by atomic mass is 35.5. The quantitative estimate of drug-likeness (QED) is 0.897. The molecule has 1 atom stereocenters. The van der Waals surface area contributed by atoms with Crippen LogP contribution in [-0.2, 0) is 11.3 Å². The molecule has 19 heavy (non-hydrogen) atoms. The Morgan fingerprint density at radius 2 is 1.95 bits per heavy atom. The van der Waals surface area contributed by atoms with Crippen LogP contribution in [0.1, 0.15) is 18.9 Å². The van der Waals surface area contributed by atoms with Crippen molar-refractivity contribution < 1.29 is 23.1 Å². The molecule has 0 aliphatic rings. The number of aliphatic hydroxyl groups is 1. The minimum atomic E-state index is -4.85. The Kier molecular flexibility index (Phi) is 4.81. The largest absolute Gasteiger partial charge is 0.417 e. The van der Waals surface area contributed by atoms with Crippen molar-refractivity contribution in [2.24, 2.45) is 0 Å². The van der Waals surface area contributed by atoms with Gasteiger partial charge in [-0.2, -0.15) is 13.2 Å². The summed E-state index contributed by atoms with van der Waals surface area (Å²) >= 11 is 5.83. The van der Waals surface area contributed by atoms with E-state index in [-0.39, 0.29) is 6.54 Å². The number of alkyl halides is 3. The third-order valence-corrected chi connectivity index (χ3v) is 2.92. The molecule has 0 fully saturated rings. The molecule has 106 valence electrons. The first kappa shape index (κ1) is 15.8. The molecule has 0 aliphatic carbocycles. The van der Waals surface area contributed by atoms with Crippen LogP contribution in [0.2, 0.25) is 5.02 Å². The molecular formula is C12H13ClF3NO2. The van der Waals surface area contributed by atoms with Gasteiger partial charge in [-0.05, 0) is 18.6 Å². The van der Waals surface area contributed by atoms with Gasteiger partial charge in [0.05, 0.1) is 6.42 Å². The number of hydrogen-bond donors (Lipinski definition) is 2. The van der Waals surface area contributed by atoms with Gasteiger partial charge in [-0.3, -0.25) is 4.79 Å². The van der Waals surface area contributed by atoms with Gasteiger partial charge >= 0.3 is 6.18 Å². The molecule has 0 saturated carbocycles. The smallest absolute Gasteiger partial charge is 0.380 e. The Hall–Kier alpha value is -1.27. The highest BCUT2D eigenvalue weighted by molar-refractivity contribution is 6.31. The molecule has 0 saturated heterocycles. The number of nitrogens with one attached hydrogen (secondary N) is 1. The Morgan fingerprint density at radius 1 is 1.37 bits per heavy atom. The molecule has 0 aliphatic heterocycles. The van der Waals surface area contributed by atoms with Crippen LogP contribution in [0.4, 0.5) is 13.2 Å². The fraction of sp³-hybridized carbons (Fsp3) is 0.417. The summed E-state index contributed by atoms with van der Waals surface area (Å²) in [5.41, 5.74) is -2.46. The molecule has 0 spiro atoms. The molecule has 1 aromatic carbocycles. The minimum absolute atomic E-state index is 0.00639. The van der Waals surface area contributed by atoms with Crippen LogP contribution in [0.15, 0.2) is 24.3 Å². The number of halogens is 4. The first-order chi connectivity index (χ1) is 8.63. The van der Waals surface area contributed by atoms with Crippen molar-refractivity contribution in [2.45, 2.75) is 31.7 Å². The van der Waals surface area contributed by atoms with Gasteiger partial charge < -0.3 is 10.4 Å². The second kappa shape index (κ2) is 5.79. The third-order valence-electron chi connectivity index (χ3n) is 2.55. The Labute approximate surface area is 113 Å². The summed E-state index contributed by atoms with van der Waals surface area (Å²) in [6.45, 7) is 0.564. The van der Waals surface area contributed by atoms with Crippen LogP contribution in [0.25, 0.3) is 0 Å². The fourth-order valence-corrected chi connectivity index (χ4v) is 1.51. The van der Waals surface area contributed by atoms with Crippen LogP contribution in [0.3, 0.4) is 0 Å². The molecule has 0 unspecified atom stereocenters.